The van der Waals surface area contributed by atoms with Gasteiger partial charge in [0.05, 0.1) is 26.1 Å². The summed E-state index contributed by atoms with van der Waals surface area (Å²) in [5, 5.41) is 15.9. The van der Waals surface area contributed by atoms with Gasteiger partial charge in [0.2, 0.25) is 5.91 Å². The summed E-state index contributed by atoms with van der Waals surface area (Å²) in [6.07, 6.45) is -1.01. The SMILES string of the molecule is [N-]=[N+]=NCCOC(=O)NCC(=O)NCCC(=O)O. The van der Waals surface area contributed by atoms with Crippen molar-refractivity contribution in [1.82, 2.24) is 10.6 Å². The van der Waals surface area contributed by atoms with Gasteiger partial charge in [-0.25, -0.2) is 4.79 Å². The third-order valence-corrected chi connectivity index (χ3v) is 1.54. The van der Waals surface area contributed by atoms with Gasteiger partial charge in [0.15, 0.2) is 0 Å². The summed E-state index contributed by atoms with van der Waals surface area (Å²) in [6, 6.07) is 0. The molecular weight excluding hydrogens is 246 g/mol. The number of amides is 2. The largest absolute Gasteiger partial charge is 0.481 e. The molecule has 3 N–H and O–H groups in total. The zero-order chi connectivity index (χ0) is 13.8. The zero-order valence-corrected chi connectivity index (χ0v) is 9.46. The number of ether oxygens (including phenoxy) is 1. The van der Waals surface area contributed by atoms with Crippen molar-refractivity contribution in [3.8, 4) is 0 Å². The minimum Gasteiger partial charge on any atom is -0.481 e. The van der Waals surface area contributed by atoms with Crippen LogP contribution in [0.4, 0.5) is 4.79 Å². The molecule has 0 aromatic rings. The number of azide groups is 1. The maximum Gasteiger partial charge on any atom is 0.407 e. The Labute approximate surface area is 102 Å². The molecule has 10 nitrogen and oxygen atoms in total. The Morgan fingerprint density at radius 2 is 2.06 bits per heavy atom. The number of nitrogens with one attached hydrogen (secondary N) is 2. The van der Waals surface area contributed by atoms with E-state index in [-0.39, 0.29) is 32.7 Å². The molecule has 0 radical (unpaired) electrons. The van der Waals surface area contributed by atoms with Gasteiger partial charge in [-0.1, -0.05) is 5.11 Å². The molecule has 0 aromatic carbocycles. The van der Waals surface area contributed by atoms with Crippen molar-refractivity contribution in [3.63, 3.8) is 0 Å². The van der Waals surface area contributed by atoms with E-state index >= 15 is 0 Å². The van der Waals surface area contributed by atoms with Gasteiger partial charge >= 0.3 is 12.1 Å². The van der Waals surface area contributed by atoms with Crippen molar-refractivity contribution in [2.24, 2.45) is 5.11 Å². The van der Waals surface area contributed by atoms with E-state index in [2.05, 4.69) is 25.4 Å². The predicted molar refractivity (Wildman–Crippen MR) is 58.6 cm³/mol. The van der Waals surface area contributed by atoms with E-state index in [1.165, 1.54) is 0 Å². The number of nitrogens with zero attached hydrogens (tertiary/aromatic N) is 3. The molecule has 0 heterocycles. The molecule has 0 unspecified atom stereocenters. The number of carbonyl (C=O) groups excluding carboxylic acids is 2. The van der Waals surface area contributed by atoms with E-state index in [1.54, 1.807) is 0 Å². The van der Waals surface area contributed by atoms with Gasteiger partial charge in [-0.3, -0.25) is 9.59 Å². The summed E-state index contributed by atoms with van der Waals surface area (Å²) in [5.41, 5.74) is 7.94. The van der Waals surface area contributed by atoms with Crippen LogP contribution < -0.4 is 10.6 Å². The van der Waals surface area contributed by atoms with Crippen molar-refractivity contribution < 1.29 is 24.2 Å². The summed E-state index contributed by atoms with van der Waals surface area (Å²) in [6.45, 7) is -0.410. The number of hydrogen-bond acceptors (Lipinski definition) is 5. The first kappa shape index (κ1) is 15.5. The maximum absolute atomic E-state index is 11.1. The topological polar surface area (TPSA) is 153 Å². The molecule has 0 aromatic heterocycles. The molecule has 0 saturated heterocycles. The summed E-state index contributed by atoms with van der Waals surface area (Å²) in [7, 11) is 0. The third kappa shape index (κ3) is 10.1. The predicted octanol–water partition coefficient (Wildman–Crippen LogP) is -0.386. The lowest BCUT2D eigenvalue weighted by Crippen LogP contribution is -2.38. The van der Waals surface area contributed by atoms with Crippen LogP contribution in [0.3, 0.4) is 0 Å². The van der Waals surface area contributed by atoms with Crippen molar-refractivity contribution in [2.75, 3.05) is 26.2 Å². The minimum absolute atomic E-state index is 0.00866. The fraction of sp³-hybridized carbons (Fsp3) is 0.625. The minimum atomic E-state index is -1.03. The van der Waals surface area contributed by atoms with E-state index < -0.39 is 18.0 Å². The Balaban J connectivity index is 3.55. The van der Waals surface area contributed by atoms with E-state index in [9.17, 15) is 14.4 Å². The highest BCUT2D eigenvalue weighted by molar-refractivity contribution is 5.82. The molecule has 18 heavy (non-hydrogen) atoms. The molecule has 2 amide bonds. The summed E-state index contributed by atoms with van der Waals surface area (Å²) >= 11 is 0. The van der Waals surface area contributed by atoms with Gasteiger partial charge in [0.1, 0.15) is 0 Å². The molecule has 0 fully saturated rings. The first-order chi connectivity index (χ1) is 8.56. The molecule has 0 spiro atoms. The van der Waals surface area contributed by atoms with Crippen LogP contribution in [-0.2, 0) is 14.3 Å². The molecule has 10 heteroatoms. The van der Waals surface area contributed by atoms with E-state index in [1.807, 2.05) is 0 Å². The van der Waals surface area contributed by atoms with Gasteiger partial charge in [-0.05, 0) is 5.53 Å². The van der Waals surface area contributed by atoms with Crippen LogP contribution >= 0.6 is 0 Å². The Morgan fingerprint density at radius 3 is 2.67 bits per heavy atom. The third-order valence-electron chi connectivity index (χ3n) is 1.54. The van der Waals surface area contributed by atoms with Crippen LogP contribution in [0.5, 0.6) is 0 Å². The molecular formula is C8H13N5O5. The lowest BCUT2D eigenvalue weighted by Gasteiger charge is -2.06. The van der Waals surface area contributed by atoms with Crippen LogP contribution in [-0.4, -0.2) is 49.3 Å². The molecule has 0 aliphatic rings. The van der Waals surface area contributed by atoms with Crippen molar-refractivity contribution in [1.29, 1.82) is 0 Å². The molecule has 0 saturated carbocycles. The monoisotopic (exact) mass is 259 g/mol. The van der Waals surface area contributed by atoms with E-state index in [0.29, 0.717) is 0 Å². The smallest absolute Gasteiger partial charge is 0.407 e. The normalized spacial score (nSPS) is 8.89. The second kappa shape index (κ2) is 9.73. The first-order valence-electron chi connectivity index (χ1n) is 4.96. The lowest BCUT2D eigenvalue weighted by atomic mass is 10.4. The molecule has 0 rings (SSSR count). The molecule has 0 atom stereocenters. The quantitative estimate of drug-likeness (QED) is 0.234. The fourth-order valence-corrected chi connectivity index (χ4v) is 0.799. The van der Waals surface area contributed by atoms with Crippen molar-refractivity contribution >= 4 is 18.0 Å². The van der Waals surface area contributed by atoms with Crippen LogP contribution in [0.1, 0.15) is 6.42 Å². The average molecular weight is 259 g/mol. The van der Waals surface area contributed by atoms with Crippen LogP contribution in [0.2, 0.25) is 0 Å². The second-order valence-electron chi connectivity index (χ2n) is 2.94. The Hall–Kier alpha value is -2.48. The van der Waals surface area contributed by atoms with Crippen LogP contribution in [0, 0.1) is 0 Å². The van der Waals surface area contributed by atoms with Gasteiger partial charge in [-0.15, -0.1) is 0 Å². The highest BCUT2D eigenvalue weighted by Gasteiger charge is 2.06. The molecule has 100 valence electrons. The standard InChI is InChI=1S/C8H13N5O5/c9-13-12-3-4-18-8(17)11-5-6(14)10-2-1-7(15)16/h1-5H2,(H,10,14)(H,11,17)(H,15,16). The summed E-state index contributed by atoms with van der Waals surface area (Å²) in [5.74, 6) is -1.55. The van der Waals surface area contributed by atoms with Crippen molar-refractivity contribution in [2.45, 2.75) is 6.42 Å². The number of alkyl carbamates (subject to hydrolysis) is 1. The summed E-state index contributed by atoms with van der Waals surface area (Å²) < 4.78 is 4.55. The Morgan fingerprint density at radius 1 is 1.33 bits per heavy atom. The molecule has 0 aliphatic heterocycles. The van der Waals surface area contributed by atoms with Gasteiger partial charge in [-0.2, -0.15) is 0 Å². The number of carboxylic acids is 1. The van der Waals surface area contributed by atoms with E-state index in [4.69, 9.17) is 10.6 Å². The molecule has 0 aliphatic carbocycles. The lowest BCUT2D eigenvalue weighted by molar-refractivity contribution is -0.136. The number of hydrogen-bond donors (Lipinski definition) is 3. The van der Waals surface area contributed by atoms with Gasteiger partial charge < -0.3 is 20.5 Å². The maximum atomic E-state index is 11.1. The summed E-state index contributed by atoms with van der Waals surface area (Å²) in [4.78, 5) is 34.6. The number of carboxylic acid groups (broad SMARTS) is 1. The number of carbonyl (C=O) groups is 3. The van der Waals surface area contributed by atoms with Crippen molar-refractivity contribution in [3.05, 3.63) is 10.4 Å². The fourth-order valence-electron chi connectivity index (χ4n) is 0.799. The molecule has 0 bridgehead atoms. The van der Waals surface area contributed by atoms with Gasteiger partial charge in [0.25, 0.3) is 0 Å². The Bertz CT molecular complexity index is 332. The first-order valence-corrected chi connectivity index (χ1v) is 4.96. The van der Waals surface area contributed by atoms with E-state index in [0.717, 1.165) is 0 Å². The zero-order valence-electron chi connectivity index (χ0n) is 9.46. The second-order valence-corrected chi connectivity index (χ2v) is 2.94. The highest BCUT2D eigenvalue weighted by atomic mass is 16.5. The van der Waals surface area contributed by atoms with Crippen LogP contribution in [0.15, 0.2) is 5.11 Å². The number of aliphatic carboxylic acids is 1. The highest BCUT2D eigenvalue weighted by Crippen LogP contribution is 1.80. The van der Waals surface area contributed by atoms with Gasteiger partial charge in [0, 0.05) is 11.5 Å². The average Bonchev–Trinajstić information content (AvgIpc) is 2.31. The Kier molecular flexibility index (Phi) is 8.39. The number of rotatable bonds is 8. The van der Waals surface area contributed by atoms with Crippen LogP contribution in [0.25, 0.3) is 10.4 Å².